The summed E-state index contributed by atoms with van der Waals surface area (Å²) in [6, 6.07) is 0. The lowest BCUT2D eigenvalue weighted by Gasteiger charge is -2.00. The Morgan fingerprint density at radius 2 is 2.58 bits per heavy atom. The van der Waals surface area contributed by atoms with Crippen LogP contribution in [0.2, 0.25) is 0 Å². The topological polar surface area (TPSA) is 77.1 Å². The molecular formula is C6H9N3O3. The van der Waals surface area contributed by atoms with Crippen molar-refractivity contribution in [2.45, 2.75) is 6.92 Å². The van der Waals surface area contributed by atoms with E-state index in [1.165, 1.54) is 6.20 Å². The molecular weight excluding hydrogens is 162 g/mol. The Hall–Kier alpha value is -1.59. The average molecular weight is 171 g/mol. The highest BCUT2D eigenvalue weighted by molar-refractivity contribution is 5.70. The molecule has 1 heterocycles. The first-order valence-electron chi connectivity index (χ1n) is 3.47. The molecule has 0 aliphatic rings. The summed E-state index contributed by atoms with van der Waals surface area (Å²) in [6.45, 7) is 1.94. The highest BCUT2D eigenvalue weighted by Gasteiger charge is 2.03. The maximum atomic E-state index is 10.7. The molecule has 0 fully saturated rings. The van der Waals surface area contributed by atoms with E-state index in [0.29, 0.717) is 6.61 Å². The highest BCUT2D eigenvalue weighted by atomic mass is 16.6. The lowest BCUT2D eigenvalue weighted by molar-refractivity contribution is -0.145. The number of esters is 1. The molecule has 0 bridgehead atoms. The lowest BCUT2D eigenvalue weighted by Crippen LogP contribution is -2.14. The number of aromatic nitrogens is 3. The van der Waals surface area contributed by atoms with E-state index < -0.39 is 5.97 Å². The summed E-state index contributed by atoms with van der Waals surface area (Å²) in [7, 11) is 0. The molecule has 0 spiro atoms. The number of rotatable bonds is 4. The fourth-order valence-corrected chi connectivity index (χ4v) is 0.596. The number of nitrogens with one attached hydrogen (secondary N) is 1. The maximum Gasteiger partial charge on any atom is 0.344 e. The van der Waals surface area contributed by atoms with Crippen molar-refractivity contribution in [3.05, 3.63) is 6.20 Å². The number of carbonyl (C=O) groups is 1. The van der Waals surface area contributed by atoms with Crippen molar-refractivity contribution < 1.29 is 14.3 Å². The third kappa shape index (κ3) is 2.57. The van der Waals surface area contributed by atoms with Crippen LogP contribution in [0.4, 0.5) is 0 Å². The van der Waals surface area contributed by atoms with Gasteiger partial charge in [0.15, 0.2) is 6.61 Å². The van der Waals surface area contributed by atoms with E-state index in [4.69, 9.17) is 4.74 Å². The van der Waals surface area contributed by atoms with Gasteiger partial charge in [-0.3, -0.25) is 0 Å². The van der Waals surface area contributed by atoms with Crippen molar-refractivity contribution in [2.24, 2.45) is 0 Å². The summed E-state index contributed by atoms with van der Waals surface area (Å²) in [5.41, 5.74) is 0. The number of carbonyl (C=O) groups excluding carboxylic acids is 1. The van der Waals surface area contributed by atoms with Gasteiger partial charge in [-0.1, -0.05) is 0 Å². The minimum absolute atomic E-state index is 0.139. The minimum Gasteiger partial charge on any atom is -0.463 e. The summed E-state index contributed by atoms with van der Waals surface area (Å²) in [5.74, 6) is -0.136. The van der Waals surface area contributed by atoms with E-state index >= 15 is 0 Å². The van der Waals surface area contributed by atoms with Gasteiger partial charge in [0.05, 0.1) is 6.61 Å². The van der Waals surface area contributed by atoms with Gasteiger partial charge in [0.1, 0.15) is 6.20 Å². The average Bonchev–Trinajstić information content (AvgIpc) is 2.53. The van der Waals surface area contributed by atoms with Crippen LogP contribution in [0.3, 0.4) is 0 Å². The fraction of sp³-hybridized carbons (Fsp3) is 0.500. The summed E-state index contributed by atoms with van der Waals surface area (Å²) in [5, 5.41) is 9.42. The summed E-state index contributed by atoms with van der Waals surface area (Å²) in [4.78, 5) is 10.7. The molecule has 0 unspecified atom stereocenters. The first kappa shape index (κ1) is 8.51. The molecule has 1 aromatic rings. The van der Waals surface area contributed by atoms with Crippen molar-refractivity contribution in [1.29, 1.82) is 0 Å². The molecule has 6 nitrogen and oxygen atoms in total. The Labute approximate surface area is 68.9 Å². The summed E-state index contributed by atoms with van der Waals surface area (Å²) >= 11 is 0. The predicted molar refractivity (Wildman–Crippen MR) is 38.5 cm³/mol. The second-order valence-corrected chi connectivity index (χ2v) is 1.90. The second kappa shape index (κ2) is 4.32. The van der Waals surface area contributed by atoms with E-state index in [1.807, 2.05) is 0 Å². The van der Waals surface area contributed by atoms with Gasteiger partial charge in [0, 0.05) is 0 Å². The molecule has 66 valence electrons. The van der Waals surface area contributed by atoms with Crippen LogP contribution in [0, 0.1) is 0 Å². The van der Waals surface area contributed by atoms with Crippen molar-refractivity contribution in [3.63, 3.8) is 0 Å². The zero-order valence-electron chi connectivity index (χ0n) is 6.61. The van der Waals surface area contributed by atoms with Crippen LogP contribution in [0.25, 0.3) is 0 Å². The Bertz CT molecular complexity index is 234. The standard InChI is InChI=1S/C6H9N3O3/c1-2-11-6(10)4-12-5-3-7-9-8-5/h3H,2,4H2,1H3,(H,7,8,9). The largest absolute Gasteiger partial charge is 0.463 e. The summed E-state index contributed by atoms with van der Waals surface area (Å²) in [6.07, 6.45) is 1.37. The van der Waals surface area contributed by atoms with Crippen molar-refractivity contribution >= 4 is 5.97 Å². The van der Waals surface area contributed by atoms with Crippen LogP contribution in [0.15, 0.2) is 6.20 Å². The molecule has 1 N–H and O–H groups in total. The molecule has 1 aromatic heterocycles. The monoisotopic (exact) mass is 171 g/mol. The smallest absolute Gasteiger partial charge is 0.344 e. The van der Waals surface area contributed by atoms with Crippen LogP contribution in [-0.2, 0) is 9.53 Å². The third-order valence-electron chi connectivity index (χ3n) is 1.04. The molecule has 0 amide bonds. The van der Waals surface area contributed by atoms with Gasteiger partial charge in [0.25, 0.3) is 5.88 Å². The van der Waals surface area contributed by atoms with Crippen LogP contribution in [0.1, 0.15) is 6.92 Å². The van der Waals surface area contributed by atoms with Crippen LogP contribution in [0.5, 0.6) is 5.88 Å². The first-order chi connectivity index (χ1) is 5.83. The van der Waals surface area contributed by atoms with Gasteiger partial charge >= 0.3 is 5.97 Å². The molecule has 0 aliphatic heterocycles. The molecule has 6 heteroatoms. The van der Waals surface area contributed by atoms with Crippen molar-refractivity contribution in [3.8, 4) is 5.88 Å². The number of hydrogen-bond donors (Lipinski definition) is 1. The van der Waals surface area contributed by atoms with E-state index in [-0.39, 0.29) is 12.5 Å². The Morgan fingerprint density at radius 3 is 3.17 bits per heavy atom. The second-order valence-electron chi connectivity index (χ2n) is 1.90. The first-order valence-corrected chi connectivity index (χ1v) is 3.47. The van der Waals surface area contributed by atoms with Crippen molar-refractivity contribution in [2.75, 3.05) is 13.2 Å². The number of hydrogen-bond acceptors (Lipinski definition) is 5. The van der Waals surface area contributed by atoms with E-state index in [2.05, 4.69) is 20.1 Å². The van der Waals surface area contributed by atoms with Crippen LogP contribution < -0.4 is 4.74 Å². The van der Waals surface area contributed by atoms with E-state index in [9.17, 15) is 4.79 Å². The van der Waals surface area contributed by atoms with Gasteiger partial charge in [-0.15, -0.1) is 5.10 Å². The molecule has 0 saturated carbocycles. The van der Waals surface area contributed by atoms with Crippen molar-refractivity contribution in [1.82, 2.24) is 15.4 Å². The SMILES string of the molecule is CCOC(=O)COc1cn[nH]n1. The Morgan fingerprint density at radius 1 is 1.75 bits per heavy atom. The molecule has 0 radical (unpaired) electrons. The summed E-state index contributed by atoms with van der Waals surface area (Å²) < 4.78 is 9.50. The molecule has 1 rings (SSSR count). The van der Waals surface area contributed by atoms with E-state index in [0.717, 1.165) is 0 Å². The third-order valence-corrected chi connectivity index (χ3v) is 1.04. The van der Waals surface area contributed by atoms with E-state index in [1.54, 1.807) is 6.92 Å². The normalized spacial score (nSPS) is 9.42. The highest BCUT2D eigenvalue weighted by Crippen LogP contribution is 1.98. The fourth-order valence-electron chi connectivity index (χ4n) is 0.596. The van der Waals surface area contributed by atoms with Crippen LogP contribution in [-0.4, -0.2) is 34.6 Å². The molecule has 12 heavy (non-hydrogen) atoms. The zero-order valence-corrected chi connectivity index (χ0v) is 6.61. The number of ether oxygens (including phenoxy) is 2. The Balaban J connectivity index is 2.22. The number of aromatic amines is 1. The minimum atomic E-state index is -0.416. The predicted octanol–water partition coefficient (Wildman–Crippen LogP) is -0.253. The van der Waals surface area contributed by atoms with Gasteiger partial charge < -0.3 is 9.47 Å². The number of H-pyrrole nitrogens is 1. The number of nitrogens with zero attached hydrogens (tertiary/aromatic N) is 2. The quantitative estimate of drug-likeness (QED) is 0.632. The Kier molecular flexibility index (Phi) is 3.06. The molecule has 0 aromatic carbocycles. The van der Waals surface area contributed by atoms with Gasteiger partial charge in [-0.25, -0.2) is 4.79 Å². The lowest BCUT2D eigenvalue weighted by atomic mass is 10.7. The van der Waals surface area contributed by atoms with Gasteiger partial charge in [0.2, 0.25) is 0 Å². The molecule has 0 saturated heterocycles. The maximum absolute atomic E-state index is 10.7. The zero-order chi connectivity index (χ0) is 8.81. The van der Waals surface area contributed by atoms with Gasteiger partial charge in [-0.05, 0) is 6.92 Å². The molecule has 0 aliphatic carbocycles. The van der Waals surface area contributed by atoms with Gasteiger partial charge in [-0.2, -0.15) is 10.3 Å². The van der Waals surface area contributed by atoms with Crippen LogP contribution >= 0.6 is 0 Å². The molecule has 0 atom stereocenters.